The van der Waals surface area contributed by atoms with Crippen molar-refractivity contribution in [2.75, 3.05) is 0 Å². The molecular weight excluding hydrogens is 383 g/mol. The summed E-state index contributed by atoms with van der Waals surface area (Å²) in [6.45, 7) is 6.12. The highest BCUT2D eigenvalue weighted by molar-refractivity contribution is 7.12. The third-order valence-electron chi connectivity index (χ3n) is 5.22. The third kappa shape index (κ3) is 3.41. The van der Waals surface area contributed by atoms with Gasteiger partial charge in [-0.2, -0.15) is 0 Å². The van der Waals surface area contributed by atoms with E-state index in [1.54, 1.807) is 29.5 Å². The molecule has 1 heterocycles. The molecule has 146 valence electrons. The van der Waals surface area contributed by atoms with Crippen molar-refractivity contribution in [3.05, 3.63) is 69.0 Å². The molecule has 6 heteroatoms. The molecule has 1 aliphatic rings. The van der Waals surface area contributed by atoms with Crippen LogP contribution in [-0.2, 0) is 5.41 Å². The number of thiazole rings is 1. The van der Waals surface area contributed by atoms with Crippen LogP contribution in [-0.4, -0.2) is 11.3 Å². The molecule has 0 saturated heterocycles. The number of ether oxygens (including phenoxy) is 1. The first kappa shape index (κ1) is 19.0. The van der Waals surface area contributed by atoms with E-state index >= 15 is 0 Å². The van der Waals surface area contributed by atoms with Gasteiger partial charge in [0.2, 0.25) is 0 Å². The van der Waals surface area contributed by atoms with Gasteiger partial charge in [0, 0.05) is 16.0 Å². The molecule has 0 aliphatic heterocycles. The fourth-order valence-corrected chi connectivity index (χ4v) is 4.92. The van der Waals surface area contributed by atoms with Gasteiger partial charge in [-0.1, -0.05) is 42.0 Å². The minimum atomic E-state index is -4.71. The van der Waals surface area contributed by atoms with E-state index in [1.165, 1.54) is 11.6 Å². The van der Waals surface area contributed by atoms with Gasteiger partial charge in [0.15, 0.2) is 0 Å². The number of halogens is 3. The second kappa shape index (κ2) is 6.62. The van der Waals surface area contributed by atoms with Crippen molar-refractivity contribution in [1.29, 1.82) is 0 Å². The van der Waals surface area contributed by atoms with Gasteiger partial charge in [0.25, 0.3) is 0 Å². The van der Waals surface area contributed by atoms with Crippen molar-refractivity contribution < 1.29 is 17.9 Å². The van der Waals surface area contributed by atoms with Gasteiger partial charge in [-0.15, -0.1) is 24.5 Å². The van der Waals surface area contributed by atoms with Crippen LogP contribution < -0.4 is 4.74 Å². The van der Waals surface area contributed by atoms with Crippen LogP contribution in [0.5, 0.6) is 5.75 Å². The van der Waals surface area contributed by atoms with Gasteiger partial charge in [-0.25, -0.2) is 4.98 Å². The predicted molar refractivity (Wildman–Crippen MR) is 105 cm³/mol. The average molecular weight is 403 g/mol. The van der Waals surface area contributed by atoms with Crippen molar-refractivity contribution in [3.63, 3.8) is 0 Å². The molecule has 2 aromatic carbocycles. The van der Waals surface area contributed by atoms with E-state index in [1.807, 2.05) is 13.8 Å². The lowest BCUT2D eigenvalue weighted by Crippen LogP contribution is -2.20. The summed E-state index contributed by atoms with van der Waals surface area (Å²) in [5, 5.41) is 0.859. The van der Waals surface area contributed by atoms with Crippen LogP contribution in [0.2, 0.25) is 0 Å². The molecule has 0 unspecified atom stereocenters. The zero-order valence-electron chi connectivity index (χ0n) is 15.9. The molecular formula is C22H20F3NOS. The first-order valence-electron chi connectivity index (χ1n) is 9.10. The van der Waals surface area contributed by atoms with Gasteiger partial charge in [-0.3, -0.25) is 0 Å². The Morgan fingerprint density at radius 3 is 2.39 bits per heavy atom. The number of hydrogen-bond donors (Lipinski definition) is 0. The first-order valence-corrected chi connectivity index (χ1v) is 9.92. The van der Waals surface area contributed by atoms with E-state index in [0.29, 0.717) is 5.56 Å². The monoisotopic (exact) mass is 403 g/mol. The highest BCUT2D eigenvalue weighted by Crippen LogP contribution is 2.58. The van der Waals surface area contributed by atoms with Crippen LogP contribution in [0.3, 0.4) is 0 Å². The Bertz CT molecular complexity index is 1030. The fraction of sp³-hybridized carbons (Fsp3) is 0.318. The summed E-state index contributed by atoms with van der Waals surface area (Å²) in [6.07, 6.45) is -3.18. The molecule has 1 aromatic heterocycles. The SMILES string of the molecule is Cc1ccc(-c2nc(C3(c4ccccc4OC(F)(F)F)CC3)sc2C)c(C)c1. The molecule has 0 radical (unpaired) electrons. The van der Waals surface area contributed by atoms with Gasteiger partial charge in [0.1, 0.15) is 10.8 Å². The number of aryl methyl sites for hydroxylation is 3. The summed E-state index contributed by atoms with van der Waals surface area (Å²) >= 11 is 1.57. The highest BCUT2D eigenvalue weighted by atomic mass is 32.1. The predicted octanol–water partition coefficient (Wildman–Crippen LogP) is 6.71. The largest absolute Gasteiger partial charge is 0.573 e. The smallest absolute Gasteiger partial charge is 0.405 e. The van der Waals surface area contributed by atoms with Gasteiger partial charge in [0.05, 0.1) is 11.1 Å². The second-order valence-corrected chi connectivity index (χ2v) is 8.57. The number of para-hydroxylation sites is 1. The number of benzene rings is 2. The summed E-state index contributed by atoms with van der Waals surface area (Å²) in [7, 11) is 0. The fourth-order valence-electron chi connectivity index (χ4n) is 3.73. The first-order chi connectivity index (χ1) is 13.2. The molecule has 0 amide bonds. The summed E-state index contributed by atoms with van der Waals surface area (Å²) in [4.78, 5) is 5.97. The van der Waals surface area contributed by atoms with Crippen molar-refractivity contribution >= 4 is 11.3 Å². The summed E-state index contributed by atoms with van der Waals surface area (Å²) in [6, 6.07) is 12.7. The van der Waals surface area contributed by atoms with Crippen LogP contribution in [0.25, 0.3) is 11.3 Å². The lowest BCUT2D eigenvalue weighted by atomic mass is 9.95. The Morgan fingerprint density at radius 1 is 1.04 bits per heavy atom. The maximum Gasteiger partial charge on any atom is 0.573 e. The molecule has 0 N–H and O–H groups in total. The molecule has 0 bridgehead atoms. The number of aromatic nitrogens is 1. The Kier molecular flexibility index (Phi) is 4.49. The Hall–Kier alpha value is -2.34. The zero-order chi connectivity index (χ0) is 20.1. The topological polar surface area (TPSA) is 22.1 Å². The van der Waals surface area contributed by atoms with Crippen LogP contribution >= 0.6 is 11.3 Å². The Morgan fingerprint density at radius 2 is 1.75 bits per heavy atom. The Labute approximate surface area is 166 Å². The van der Waals surface area contributed by atoms with E-state index < -0.39 is 11.8 Å². The maximum atomic E-state index is 12.9. The normalized spacial score (nSPS) is 15.5. The van der Waals surface area contributed by atoms with Gasteiger partial charge < -0.3 is 4.74 Å². The number of hydrogen-bond acceptors (Lipinski definition) is 3. The molecule has 0 atom stereocenters. The van der Waals surface area contributed by atoms with E-state index in [-0.39, 0.29) is 5.75 Å². The van der Waals surface area contributed by atoms with Crippen molar-refractivity contribution in [1.82, 2.24) is 4.98 Å². The van der Waals surface area contributed by atoms with E-state index in [2.05, 4.69) is 29.9 Å². The number of alkyl halides is 3. The van der Waals surface area contributed by atoms with Gasteiger partial charge in [-0.05, 0) is 45.2 Å². The lowest BCUT2D eigenvalue weighted by molar-refractivity contribution is -0.275. The van der Waals surface area contributed by atoms with Crippen molar-refractivity contribution in [2.24, 2.45) is 0 Å². The van der Waals surface area contributed by atoms with E-state index in [4.69, 9.17) is 4.98 Å². The summed E-state index contributed by atoms with van der Waals surface area (Å²) in [5.74, 6) is -0.131. The van der Waals surface area contributed by atoms with Crippen molar-refractivity contribution in [2.45, 2.75) is 45.4 Å². The van der Waals surface area contributed by atoms with E-state index in [0.717, 1.165) is 39.5 Å². The Balaban J connectivity index is 1.77. The quantitative estimate of drug-likeness (QED) is 0.483. The summed E-state index contributed by atoms with van der Waals surface area (Å²) in [5.41, 5.74) is 4.39. The molecule has 4 rings (SSSR count). The lowest BCUT2D eigenvalue weighted by Gasteiger charge is -2.18. The molecule has 1 fully saturated rings. The standard InChI is InChI=1S/C22H20F3NOS/c1-13-8-9-16(14(2)12-13)19-15(3)28-20(26-19)21(10-11-21)17-6-4-5-7-18(17)27-22(23,24)25/h4-9,12H,10-11H2,1-3H3. The van der Waals surface area contributed by atoms with Crippen LogP contribution in [0.4, 0.5) is 13.2 Å². The molecule has 0 spiro atoms. The molecule has 3 aromatic rings. The maximum absolute atomic E-state index is 12.9. The summed E-state index contributed by atoms with van der Waals surface area (Å²) < 4.78 is 42.9. The second-order valence-electron chi connectivity index (χ2n) is 7.37. The number of rotatable bonds is 4. The van der Waals surface area contributed by atoms with Crippen LogP contribution in [0.1, 0.15) is 39.4 Å². The van der Waals surface area contributed by atoms with E-state index in [9.17, 15) is 13.2 Å². The molecule has 1 saturated carbocycles. The number of nitrogens with zero attached hydrogens (tertiary/aromatic N) is 1. The minimum Gasteiger partial charge on any atom is -0.405 e. The van der Waals surface area contributed by atoms with Gasteiger partial charge >= 0.3 is 6.36 Å². The average Bonchev–Trinajstić information content (AvgIpc) is 3.31. The molecule has 2 nitrogen and oxygen atoms in total. The van der Waals surface area contributed by atoms with Crippen molar-refractivity contribution in [3.8, 4) is 17.0 Å². The van der Waals surface area contributed by atoms with Crippen LogP contribution in [0.15, 0.2) is 42.5 Å². The minimum absolute atomic E-state index is 0.131. The molecule has 1 aliphatic carbocycles. The third-order valence-corrected chi connectivity index (χ3v) is 6.40. The molecule has 28 heavy (non-hydrogen) atoms. The highest BCUT2D eigenvalue weighted by Gasteiger charge is 2.51. The van der Waals surface area contributed by atoms with Crippen LogP contribution in [0, 0.1) is 20.8 Å². The zero-order valence-corrected chi connectivity index (χ0v) is 16.7.